The lowest BCUT2D eigenvalue weighted by atomic mass is 9.89. The molecule has 2 amide bonds. The molecule has 3 atom stereocenters. The van der Waals surface area contributed by atoms with Crippen LogP contribution in [0.4, 0.5) is 5.13 Å². The first-order valence-corrected chi connectivity index (χ1v) is 12.8. The van der Waals surface area contributed by atoms with Gasteiger partial charge in [0.25, 0.3) is 5.91 Å². The number of tetrazole rings is 1. The second kappa shape index (κ2) is 10.1. The van der Waals surface area contributed by atoms with Gasteiger partial charge in [-0.25, -0.2) is 4.98 Å². The van der Waals surface area contributed by atoms with Crippen molar-refractivity contribution in [3.8, 4) is 12.3 Å². The van der Waals surface area contributed by atoms with Crippen molar-refractivity contribution < 1.29 is 24.3 Å². The Labute approximate surface area is 211 Å². The van der Waals surface area contributed by atoms with Crippen molar-refractivity contribution in [3.05, 3.63) is 11.1 Å². The molecule has 4 heterocycles. The van der Waals surface area contributed by atoms with Crippen LogP contribution in [0.3, 0.4) is 0 Å². The summed E-state index contributed by atoms with van der Waals surface area (Å²) in [5.41, 5.74) is 4.51. The quantitative estimate of drug-likeness (QED) is 0.116. The van der Waals surface area contributed by atoms with E-state index in [9.17, 15) is 19.5 Å². The Balaban J connectivity index is 1.41. The average Bonchev–Trinajstić information content (AvgIpc) is 3.48. The Kier molecular flexibility index (Phi) is 7.14. The van der Waals surface area contributed by atoms with Crippen LogP contribution in [0.2, 0.25) is 0 Å². The Bertz CT molecular complexity index is 1220. The Morgan fingerprint density at radius 1 is 1.54 bits per heavy atom. The summed E-state index contributed by atoms with van der Waals surface area (Å²) in [6.07, 6.45) is 5.22. The number of hydrogen-bond donors (Lipinski definition) is 3. The first kappa shape index (κ1) is 24.8. The summed E-state index contributed by atoms with van der Waals surface area (Å²) in [6.45, 7) is 0.134. The topological polar surface area (TPSA) is 191 Å². The van der Waals surface area contributed by atoms with Gasteiger partial charge in [-0.2, -0.15) is 4.80 Å². The van der Waals surface area contributed by atoms with Crippen LogP contribution in [0.5, 0.6) is 0 Å². The number of thiazole rings is 1. The molecule has 17 heteroatoms. The van der Waals surface area contributed by atoms with Crippen LogP contribution in [0.1, 0.15) is 5.69 Å². The first-order valence-electron chi connectivity index (χ1n) is 9.91. The van der Waals surface area contributed by atoms with Gasteiger partial charge in [-0.15, -0.1) is 39.7 Å². The van der Waals surface area contributed by atoms with E-state index < -0.39 is 28.7 Å². The number of hydrogen-bond acceptors (Lipinski definition) is 13. The maximum Gasteiger partial charge on any atom is 0.313 e. The number of carboxylic acid groups (broad SMARTS) is 1. The molecule has 4 rings (SSSR count). The van der Waals surface area contributed by atoms with Crippen LogP contribution in [0.15, 0.2) is 15.7 Å². The van der Waals surface area contributed by atoms with Crippen molar-refractivity contribution in [2.45, 2.75) is 23.1 Å². The Hall–Kier alpha value is -3.36. The third-order valence-electron chi connectivity index (χ3n) is 5.19. The number of nitrogens with one attached hydrogen (secondary N) is 1. The number of amides is 2. The van der Waals surface area contributed by atoms with Crippen molar-refractivity contribution in [2.75, 3.05) is 30.9 Å². The summed E-state index contributed by atoms with van der Waals surface area (Å²) in [7, 11) is 1.28. The number of anilines is 1. The van der Waals surface area contributed by atoms with Gasteiger partial charge in [-0.1, -0.05) is 22.8 Å². The van der Waals surface area contributed by atoms with Gasteiger partial charge in [0.2, 0.25) is 11.1 Å². The van der Waals surface area contributed by atoms with Gasteiger partial charge >= 0.3 is 5.97 Å². The second-order valence-corrected chi connectivity index (χ2v) is 10.4. The van der Waals surface area contributed by atoms with Crippen LogP contribution in [0, 0.1) is 17.8 Å². The molecule has 0 bridgehead atoms. The fourth-order valence-electron chi connectivity index (χ4n) is 3.45. The van der Waals surface area contributed by atoms with Crippen molar-refractivity contribution >= 4 is 63.5 Å². The van der Waals surface area contributed by atoms with Crippen LogP contribution in [0.25, 0.3) is 0 Å². The van der Waals surface area contributed by atoms with E-state index >= 15 is 0 Å². The summed E-state index contributed by atoms with van der Waals surface area (Å²) in [6, 6.07) is -0.838. The number of terminal acetylenes is 1. The monoisotopic (exact) mass is 537 g/mol. The molecule has 0 radical (unpaired) electrons. The maximum atomic E-state index is 12.8. The predicted molar refractivity (Wildman–Crippen MR) is 127 cm³/mol. The fourth-order valence-corrected chi connectivity index (χ4v) is 6.63. The van der Waals surface area contributed by atoms with E-state index in [-0.39, 0.29) is 47.0 Å². The number of oxime groups is 1. The molecule has 4 N–H and O–H groups in total. The normalized spacial score (nSPS) is 23.7. The van der Waals surface area contributed by atoms with Gasteiger partial charge in [0, 0.05) is 23.4 Å². The molecule has 2 saturated heterocycles. The number of rotatable bonds is 9. The summed E-state index contributed by atoms with van der Waals surface area (Å²) in [5, 5.41) is 29.8. The molecule has 14 nitrogen and oxygen atoms in total. The largest absolute Gasteiger partial charge is 0.481 e. The van der Waals surface area contributed by atoms with Gasteiger partial charge in [0.05, 0.1) is 0 Å². The molecule has 2 aliphatic heterocycles. The molecular weight excluding hydrogens is 518 g/mol. The Morgan fingerprint density at radius 3 is 3.00 bits per heavy atom. The number of carbonyl (C=O) groups excluding carboxylic acids is 2. The zero-order valence-corrected chi connectivity index (χ0v) is 20.6. The number of nitrogens with zero attached hydrogens (tertiary/aromatic N) is 7. The van der Waals surface area contributed by atoms with E-state index in [2.05, 4.69) is 36.8 Å². The van der Waals surface area contributed by atoms with Gasteiger partial charge in [-0.05, 0) is 5.21 Å². The minimum absolute atomic E-state index is 0.0155. The molecule has 0 spiro atoms. The van der Waals surface area contributed by atoms with E-state index in [0.717, 1.165) is 23.1 Å². The highest BCUT2D eigenvalue weighted by atomic mass is 32.2. The maximum absolute atomic E-state index is 12.8. The molecule has 184 valence electrons. The standard InChI is InChI=1S/C18H19N9O5S3/c1-3-4-27-23-17(22-25-27)35-8-18(15(30)31)6-26-13(29)11(14(26)34-7-18)21-12(28)10(24-32-2)9-5-33-16(19)20-9/h1,5,11,14H,4,6-8H2,2H3,(H2,19,20)(H,21,28)(H,30,31)/t11?,14-,18?/m1/s1. The minimum Gasteiger partial charge on any atom is -0.481 e. The number of aliphatic carboxylic acids is 1. The van der Waals surface area contributed by atoms with Crippen molar-refractivity contribution in [3.63, 3.8) is 0 Å². The molecule has 0 aromatic carbocycles. The number of nitrogens with two attached hydrogens (primary N) is 1. The number of nitrogen functional groups attached to an aromatic ring is 1. The molecule has 0 saturated carbocycles. The summed E-state index contributed by atoms with van der Waals surface area (Å²) in [5.74, 6) is 0.652. The van der Waals surface area contributed by atoms with E-state index in [4.69, 9.17) is 17.0 Å². The van der Waals surface area contributed by atoms with Crippen LogP contribution in [-0.4, -0.2) is 95.3 Å². The number of aromatic nitrogens is 5. The summed E-state index contributed by atoms with van der Waals surface area (Å²) < 4.78 is 0. The lowest BCUT2D eigenvalue weighted by Crippen LogP contribution is -2.74. The zero-order chi connectivity index (χ0) is 25.2. The predicted octanol–water partition coefficient (Wildman–Crippen LogP) is -1.04. The van der Waals surface area contributed by atoms with Gasteiger partial charge in [0.15, 0.2) is 10.8 Å². The second-order valence-electron chi connectivity index (χ2n) is 7.49. The average molecular weight is 538 g/mol. The van der Waals surface area contributed by atoms with Crippen LogP contribution >= 0.6 is 34.9 Å². The van der Waals surface area contributed by atoms with E-state index in [1.165, 1.54) is 28.6 Å². The van der Waals surface area contributed by atoms with Crippen molar-refractivity contribution in [2.24, 2.45) is 10.6 Å². The number of thioether (sulfide) groups is 2. The molecule has 35 heavy (non-hydrogen) atoms. The van der Waals surface area contributed by atoms with Crippen LogP contribution < -0.4 is 11.1 Å². The molecule has 2 fully saturated rings. The number of carbonyl (C=O) groups is 3. The molecule has 2 aliphatic rings. The molecule has 2 aromatic heterocycles. The SMILES string of the molecule is C#CCn1nnc(SCC2(C(=O)O)CS[C@@H]3C(NC(=O)C(=NOC)c4csc(N)n4)C(=O)N3C2)n1. The Morgan fingerprint density at radius 2 is 2.34 bits per heavy atom. The minimum atomic E-state index is -1.23. The molecule has 2 unspecified atom stereocenters. The fraction of sp³-hybridized carbons (Fsp3) is 0.444. The third-order valence-corrected chi connectivity index (χ3v) is 8.57. The van der Waals surface area contributed by atoms with Crippen molar-refractivity contribution in [1.82, 2.24) is 35.4 Å². The zero-order valence-electron chi connectivity index (χ0n) is 18.2. The number of β-lactam (4-membered cyclic amide) rings is 1. The summed E-state index contributed by atoms with van der Waals surface area (Å²) >= 11 is 3.54. The lowest BCUT2D eigenvalue weighted by molar-refractivity contribution is -0.157. The number of carboxylic acids is 1. The van der Waals surface area contributed by atoms with Crippen LogP contribution in [-0.2, 0) is 25.8 Å². The molecule has 0 aliphatic carbocycles. The first-order chi connectivity index (χ1) is 16.8. The van der Waals surface area contributed by atoms with Gasteiger partial charge in [0.1, 0.15) is 36.2 Å². The molecular formula is C18H19N9O5S3. The van der Waals surface area contributed by atoms with Gasteiger partial charge in [-0.3, -0.25) is 14.4 Å². The highest BCUT2D eigenvalue weighted by Gasteiger charge is 2.57. The van der Waals surface area contributed by atoms with E-state index in [0.29, 0.717) is 5.16 Å². The van der Waals surface area contributed by atoms with Crippen molar-refractivity contribution in [1.29, 1.82) is 0 Å². The van der Waals surface area contributed by atoms with E-state index in [1.807, 2.05) is 0 Å². The molecule has 2 aromatic rings. The lowest BCUT2D eigenvalue weighted by Gasteiger charge is -2.53. The highest BCUT2D eigenvalue weighted by molar-refractivity contribution is 8.00. The third kappa shape index (κ3) is 4.90. The van der Waals surface area contributed by atoms with E-state index in [1.54, 1.807) is 5.38 Å². The number of fused-ring (bicyclic) bond motifs is 1. The smallest absolute Gasteiger partial charge is 0.313 e. The summed E-state index contributed by atoms with van der Waals surface area (Å²) in [4.78, 5) is 49.3. The highest BCUT2D eigenvalue weighted by Crippen LogP contribution is 2.44. The van der Waals surface area contributed by atoms with Gasteiger partial charge < -0.3 is 25.9 Å².